The third-order valence-corrected chi connectivity index (χ3v) is 7.52. The van der Waals surface area contributed by atoms with Crippen LogP contribution in [-0.2, 0) is 24.0 Å². The molecule has 3 heterocycles. The lowest BCUT2D eigenvalue weighted by atomic mass is 9.78. The van der Waals surface area contributed by atoms with E-state index in [9.17, 15) is 29.1 Å². The van der Waals surface area contributed by atoms with Gasteiger partial charge in [-0.1, -0.05) is 6.92 Å². The first-order valence-electron chi connectivity index (χ1n) is 9.91. The minimum atomic E-state index is -1.65. The summed E-state index contributed by atoms with van der Waals surface area (Å²) in [5.74, 6) is -5.57. The molecule has 0 aromatic heterocycles. The number of aliphatic carboxylic acids is 2. The fourth-order valence-corrected chi connectivity index (χ4v) is 6.01. The Bertz CT molecular complexity index is 873. The van der Waals surface area contributed by atoms with Crippen LogP contribution in [0.2, 0.25) is 0 Å². The molecule has 0 radical (unpaired) electrons. The van der Waals surface area contributed by atoms with Crippen LogP contribution in [0.25, 0.3) is 0 Å². The van der Waals surface area contributed by atoms with Crippen LogP contribution in [0.3, 0.4) is 0 Å². The molecule has 4 N–H and O–H groups in total. The summed E-state index contributed by atoms with van der Waals surface area (Å²) in [4.78, 5) is 62.6. The number of β-lactam (4-membered cyclic amide) rings is 1. The number of carboxylic acids is 2. The Labute approximate surface area is 183 Å². The molecule has 170 valence electrons. The zero-order valence-electron chi connectivity index (χ0n) is 17.6. The van der Waals surface area contributed by atoms with E-state index < -0.39 is 41.8 Å². The Kier molecular flexibility index (Phi) is 6.33. The molecule has 0 bridgehead atoms. The van der Waals surface area contributed by atoms with Gasteiger partial charge in [-0.2, -0.15) is 0 Å². The summed E-state index contributed by atoms with van der Waals surface area (Å²) in [7, 11) is 3.35. The number of likely N-dealkylation sites (N-methyl/N-ethyl adjacent to an activating group) is 1. The van der Waals surface area contributed by atoms with Crippen molar-refractivity contribution in [2.45, 2.75) is 43.6 Å². The normalized spacial score (nSPS) is 30.5. The van der Waals surface area contributed by atoms with E-state index in [1.54, 1.807) is 14.1 Å². The van der Waals surface area contributed by atoms with E-state index in [1.165, 1.54) is 28.5 Å². The average Bonchev–Trinajstić information content (AvgIpc) is 3.23. The minimum absolute atomic E-state index is 0.0305. The predicted octanol–water partition coefficient (Wildman–Crippen LogP) is -1.10. The third kappa shape index (κ3) is 4.01. The summed E-state index contributed by atoms with van der Waals surface area (Å²) in [6.45, 7) is 3.90. The number of amides is 3. The predicted molar refractivity (Wildman–Crippen MR) is 110 cm³/mol. The van der Waals surface area contributed by atoms with Crippen molar-refractivity contribution in [1.29, 1.82) is 0 Å². The lowest BCUT2D eigenvalue weighted by Gasteiger charge is -2.47. The monoisotopic (exact) mass is 454 g/mol. The van der Waals surface area contributed by atoms with Crippen molar-refractivity contribution in [3.63, 3.8) is 0 Å². The standard InChI is InChI=1S/C19H26N4O7S/c1-7-12-11(8(2)21-15(24)19(29)30)17(26)23(12)13(18(27)28)14(7)31-9-5-10(20-6-9)16(25)22(3)4/h7-12,20H,5-6H2,1-4H3,(H,21,24)(H,27,28)(H,29,30)/t7-,8-,9+,10+,11-,12-/m1/s1. The van der Waals surface area contributed by atoms with Crippen molar-refractivity contribution < 1.29 is 34.2 Å². The zero-order chi connectivity index (χ0) is 23.2. The quantitative estimate of drug-likeness (QED) is 0.289. The summed E-state index contributed by atoms with van der Waals surface area (Å²) >= 11 is 1.36. The molecule has 11 nitrogen and oxygen atoms in total. The van der Waals surface area contributed by atoms with Gasteiger partial charge in [0.2, 0.25) is 11.8 Å². The summed E-state index contributed by atoms with van der Waals surface area (Å²) in [5, 5.41) is 24.0. The topological polar surface area (TPSA) is 156 Å². The number of carbonyl (C=O) groups excluding carboxylic acids is 3. The van der Waals surface area contributed by atoms with E-state index in [0.717, 1.165) is 0 Å². The molecule has 2 saturated heterocycles. The van der Waals surface area contributed by atoms with E-state index >= 15 is 0 Å². The molecule has 31 heavy (non-hydrogen) atoms. The second-order valence-corrected chi connectivity index (χ2v) is 9.61. The Hall–Kier alpha value is -2.60. The number of hydrogen-bond donors (Lipinski definition) is 4. The van der Waals surface area contributed by atoms with Crippen LogP contribution in [0.1, 0.15) is 20.3 Å². The number of nitrogens with zero attached hydrogens (tertiary/aromatic N) is 2. The highest BCUT2D eigenvalue weighted by Crippen LogP contribution is 2.51. The fourth-order valence-electron chi connectivity index (χ4n) is 4.53. The lowest BCUT2D eigenvalue weighted by Crippen LogP contribution is -2.66. The molecule has 3 aliphatic heterocycles. The molecule has 0 aliphatic carbocycles. The van der Waals surface area contributed by atoms with Crippen molar-refractivity contribution in [2.24, 2.45) is 11.8 Å². The van der Waals surface area contributed by atoms with Gasteiger partial charge < -0.3 is 30.6 Å². The Morgan fingerprint density at radius 3 is 2.45 bits per heavy atom. The lowest BCUT2D eigenvalue weighted by molar-refractivity contribution is -0.159. The molecule has 0 aromatic rings. The molecule has 3 amide bonds. The van der Waals surface area contributed by atoms with Crippen molar-refractivity contribution in [3.05, 3.63) is 10.6 Å². The van der Waals surface area contributed by atoms with Crippen molar-refractivity contribution in [3.8, 4) is 0 Å². The van der Waals surface area contributed by atoms with Gasteiger partial charge in [0.15, 0.2) is 0 Å². The van der Waals surface area contributed by atoms with Crippen LogP contribution in [-0.4, -0.2) is 93.7 Å². The summed E-state index contributed by atoms with van der Waals surface area (Å²) in [6.07, 6.45) is 0.540. The van der Waals surface area contributed by atoms with Gasteiger partial charge >= 0.3 is 17.8 Å². The maximum absolute atomic E-state index is 12.8. The fraction of sp³-hybridized carbons (Fsp3) is 0.632. The van der Waals surface area contributed by atoms with Gasteiger partial charge in [-0.3, -0.25) is 14.4 Å². The number of carbonyl (C=O) groups is 5. The van der Waals surface area contributed by atoms with Crippen LogP contribution in [0.4, 0.5) is 0 Å². The molecule has 3 rings (SSSR count). The zero-order valence-corrected chi connectivity index (χ0v) is 18.4. The van der Waals surface area contributed by atoms with E-state index in [2.05, 4.69) is 10.6 Å². The maximum atomic E-state index is 12.8. The number of fused-ring (bicyclic) bond motifs is 1. The van der Waals surface area contributed by atoms with Crippen LogP contribution in [0.15, 0.2) is 10.6 Å². The first-order chi connectivity index (χ1) is 14.5. The number of rotatable bonds is 6. The smallest absolute Gasteiger partial charge is 0.394 e. The maximum Gasteiger partial charge on any atom is 0.394 e. The number of thioether (sulfide) groups is 1. The van der Waals surface area contributed by atoms with Crippen molar-refractivity contribution >= 4 is 41.4 Å². The Morgan fingerprint density at radius 2 is 1.90 bits per heavy atom. The molecule has 3 aliphatic rings. The molecule has 2 fully saturated rings. The first kappa shape index (κ1) is 23.1. The second-order valence-electron chi connectivity index (χ2n) is 8.27. The molecule has 0 unspecified atom stereocenters. The largest absolute Gasteiger partial charge is 0.477 e. The van der Waals surface area contributed by atoms with Crippen LogP contribution in [0.5, 0.6) is 0 Å². The van der Waals surface area contributed by atoms with Crippen LogP contribution < -0.4 is 10.6 Å². The van der Waals surface area contributed by atoms with Gasteiger partial charge in [0.1, 0.15) is 5.70 Å². The highest BCUT2D eigenvalue weighted by Gasteiger charge is 2.60. The van der Waals surface area contributed by atoms with Crippen molar-refractivity contribution in [2.75, 3.05) is 20.6 Å². The third-order valence-electron chi connectivity index (χ3n) is 6.01. The van der Waals surface area contributed by atoms with Gasteiger partial charge in [0.05, 0.1) is 18.0 Å². The molecular formula is C19H26N4O7S. The Morgan fingerprint density at radius 1 is 1.26 bits per heavy atom. The first-order valence-corrected chi connectivity index (χ1v) is 10.8. The Balaban J connectivity index is 1.76. The minimum Gasteiger partial charge on any atom is -0.477 e. The second kappa shape index (κ2) is 8.50. The number of nitrogens with one attached hydrogen (secondary N) is 2. The average molecular weight is 455 g/mol. The number of hydrogen-bond acceptors (Lipinski definition) is 7. The van der Waals surface area contributed by atoms with Crippen LogP contribution in [0, 0.1) is 11.8 Å². The van der Waals surface area contributed by atoms with Gasteiger partial charge in [0.25, 0.3) is 0 Å². The molecular weight excluding hydrogens is 428 g/mol. The van der Waals surface area contributed by atoms with E-state index in [0.29, 0.717) is 17.9 Å². The van der Waals surface area contributed by atoms with Crippen molar-refractivity contribution in [1.82, 2.24) is 20.4 Å². The van der Waals surface area contributed by atoms with Crippen LogP contribution >= 0.6 is 11.8 Å². The molecule has 0 spiro atoms. The SMILES string of the molecule is C[C@@H](NC(=O)C(=O)O)[C@H]1C(=O)N2C(C(=O)O)=C(S[C@@H]3CN[C@H](C(=O)N(C)C)C3)[C@H](C)[C@H]12. The molecule has 0 aromatic carbocycles. The molecule has 12 heteroatoms. The summed E-state index contributed by atoms with van der Waals surface area (Å²) in [6, 6.07) is -1.57. The molecule has 6 atom stereocenters. The van der Waals surface area contributed by atoms with Gasteiger partial charge in [0, 0.05) is 42.8 Å². The summed E-state index contributed by atoms with van der Waals surface area (Å²) in [5.41, 5.74) is -0.0668. The van der Waals surface area contributed by atoms with Gasteiger partial charge in [-0.05, 0) is 13.3 Å². The number of carboxylic acid groups (broad SMARTS) is 2. The van der Waals surface area contributed by atoms with E-state index in [-0.39, 0.29) is 28.8 Å². The van der Waals surface area contributed by atoms with Gasteiger partial charge in [-0.15, -0.1) is 11.8 Å². The summed E-state index contributed by atoms with van der Waals surface area (Å²) < 4.78 is 0. The highest BCUT2D eigenvalue weighted by atomic mass is 32.2. The van der Waals surface area contributed by atoms with Gasteiger partial charge in [-0.25, -0.2) is 9.59 Å². The van der Waals surface area contributed by atoms with E-state index in [1.807, 2.05) is 6.92 Å². The highest BCUT2D eigenvalue weighted by molar-refractivity contribution is 8.03. The molecule has 0 saturated carbocycles. The van der Waals surface area contributed by atoms with E-state index in [4.69, 9.17) is 5.11 Å².